The fourth-order valence-corrected chi connectivity index (χ4v) is 1.66. The summed E-state index contributed by atoms with van der Waals surface area (Å²) in [5, 5.41) is 0.977. The van der Waals surface area contributed by atoms with Gasteiger partial charge in [0.15, 0.2) is 11.5 Å². The topological polar surface area (TPSA) is 44.2 Å². The second kappa shape index (κ2) is 3.08. The Hall–Kier alpha value is -1.84. The maximum absolute atomic E-state index is 5.49. The molecule has 4 nitrogen and oxygen atoms in total. The van der Waals surface area contributed by atoms with E-state index in [-0.39, 0.29) is 0 Å². The van der Waals surface area contributed by atoms with Gasteiger partial charge < -0.3 is 9.47 Å². The number of aryl methyl sites for hydroxylation is 1. The Balaban J connectivity index is 2.26. The summed E-state index contributed by atoms with van der Waals surface area (Å²) in [5.74, 6) is 2.31. The highest BCUT2D eigenvalue weighted by Gasteiger charge is 2.12. The second-order valence-electron chi connectivity index (χ2n) is 3.47. The lowest BCUT2D eigenvalue weighted by Gasteiger charge is -2.18. The summed E-state index contributed by atoms with van der Waals surface area (Å²) in [6, 6.07) is 3.82. The van der Waals surface area contributed by atoms with Crippen molar-refractivity contribution in [1.82, 2.24) is 9.97 Å². The van der Waals surface area contributed by atoms with E-state index in [1.165, 1.54) is 0 Å². The van der Waals surface area contributed by atoms with E-state index in [1.54, 1.807) is 6.20 Å². The Morgan fingerprint density at radius 2 is 1.87 bits per heavy atom. The fourth-order valence-electron chi connectivity index (χ4n) is 1.66. The molecule has 3 rings (SSSR count). The van der Waals surface area contributed by atoms with E-state index >= 15 is 0 Å². The van der Waals surface area contributed by atoms with E-state index < -0.39 is 0 Å². The molecule has 0 bridgehead atoms. The highest BCUT2D eigenvalue weighted by atomic mass is 16.6. The summed E-state index contributed by atoms with van der Waals surface area (Å²) in [5.41, 5.74) is 0.895. The van der Waals surface area contributed by atoms with Gasteiger partial charge in [-0.3, -0.25) is 0 Å². The molecule has 0 radical (unpaired) electrons. The summed E-state index contributed by atoms with van der Waals surface area (Å²) in [7, 11) is 0. The van der Waals surface area contributed by atoms with Crippen LogP contribution in [0.4, 0.5) is 0 Å². The van der Waals surface area contributed by atoms with Gasteiger partial charge in [-0.25, -0.2) is 9.97 Å². The first kappa shape index (κ1) is 8.47. The molecule has 1 aliphatic heterocycles. The number of aromatic nitrogens is 2. The molecule has 1 aromatic carbocycles. The average molecular weight is 202 g/mol. The van der Waals surface area contributed by atoms with Gasteiger partial charge in [-0.2, -0.15) is 0 Å². The highest BCUT2D eigenvalue weighted by Crippen LogP contribution is 2.33. The van der Waals surface area contributed by atoms with Gasteiger partial charge in [0.2, 0.25) is 0 Å². The van der Waals surface area contributed by atoms with Gasteiger partial charge in [-0.05, 0) is 13.0 Å². The summed E-state index contributed by atoms with van der Waals surface area (Å²) >= 11 is 0. The standard InChI is InChI=1S/C11H10N2O2/c1-7-12-6-8-4-10-11(5-9(8)13-7)15-3-2-14-10/h4-6H,2-3H2,1H3. The van der Waals surface area contributed by atoms with Crippen LogP contribution in [0.2, 0.25) is 0 Å². The van der Waals surface area contributed by atoms with Crippen LogP contribution in [-0.4, -0.2) is 23.2 Å². The van der Waals surface area contributed by atoms with E-state index in [0.717, 1.165) is 28.2 Å². The predicted octanol–water partition coefficient (Wildman–Crippen LogP) is 1.71. The molecule has 0 atom stereocenters. The number of fused-ring (bicyclic) bond motifs is 2. The zero-order chi connectivity index (χ0) is 10.3. The maximum atomic E-state index is 5.49. The van der Waals surface area contributed by atoms with E-state index in [4.69, 9.17) is 9.47 Å². The molecule has 15 heavy (non-hydrogen) atoms. The van der Waals surface area contributed by atoms with E-state index in [1.807, 2.05) is 19.1 Å². The number of nitrogens with zero attached hydrogens (tertiary/aromatic N) is 2. The third-order valence-electron chi connectivity index (χ3n) is 2.36. The zero-order valence-corrected chi connectivity index (χ0v) is 8.36. The van der Waals surface area contributed by atoms with Crippen LogP contribution in [0.1, 0.15) is 5.82 Å². The average Bonchev–Trinajstić information content (AvgIpc) is 2.26. The van der Waals surface area contributed by atoms with E-state index in [0.29, 0.717) is 13.2 Å². The lowest BCUT2D eigenvalue weighted by atomic mass is 10.2. The molecule has 1 aliphatic rings. The molecule has 0 saturated carbocycles. The van der Waals surface area contributed by atoms with Crippen molar-refractivity contribution in [1.29, 1.82) is 0 Å². The molecule has 0 spiro atoms. The predicted molar refractivity (Wildman–Crippen MR) is 55.3 cm³/mol. The first-order chi connectivity index (χ1) is 7.33. The minimum Gasteiger partial charge on any atom is -0.486 e. The monoisotopic (exact) mass is 202 g/mol. The second-order valence-corrected chi connectivity index (χ2v) is 3.47. The van der Waals surface area contributed by atoms with Gasteiger partial charge in [-0.15, -0.1) is 0 Å². The van der Waals surface area contributed by atoms with Gasteiger partial charge >= 0.3 is 0 Å². The molecule has 0 saturated heterocycles. The van der Waals surface area contributed by atoms with E-state index in [2.05, 4.69) is 9.97 Å². The van der Waals surface area contributed by atoms with Crippen molar-refractivity contribution in [3.8, 4) is 11.5 Å². The van der Waals surface area contributed by atoms with Crippen molar-refractivity contribution in [2.45, 2.75) is 6.92 Å². The van der Waals surface area contributed by atoms with Crippen LogP contribution < -0.4 is 9.47 Å². The molecule has 1 aromatic heterocycles. The first-order valence-electron chi connectivity index (χ1n) is 4.86. The van der Waals surface area contributed by atoms with Crippen LogP contribution >= 0.6 is 0 Å². The lowest BCUT2D eigenvalue weighted by molar-refractivity contribution is 0.172. The quantitative estimate of drug-likeness (QED) is 0.652. The molecule has 0 fully saturated rings. The summed E-state index contributed by atoms with van der Waals surface area (Å²) in [6.45, 7) is 3.07. The minimum absolute atomic E-state index is 0.600. The van der Waals surface area contributed by atoms with Gasteiger partial charge in [0, 0.05) is 17.6 Å². The molecule has 2 heterocycles. The molecule has 2 aromatic rings. The molecule has 4 heteroatoms. The van der Waals surface area contributed by atoms with Crippen molar-refractivity contribution < 1.29 is 9.47 Å². The highest BCUT2D eigenvalue weighted by molar-refractivity contribution is 5.82. The number of hydrogen-bond donors (Lipinski definition) is 0. The van der Waals surface area contributed by atoms with Crippen molar-refractivity contribution in [3.05, 3.63) is 24.2 Å². The number of hydrogen-bond acceptors (Lipinski definition) is 4. The van der Waals surface area contributed by atoms with Crippen molar-refractivity contribution in [2.75, 3.05) is 13.2 Å². The van der Waals surface area contributed by atoms with Crippen molar-refractivity contribution in [3.63, 3.8) is 0 Å². The van der Waals surface area contributed by atoms with Crippen molar-refractivity contribution in [2.24, 2.45) is 0 Å². The van der Waals surface area contributed by atoms with Crippen LogP contribution in [0.25, 0.3) is 10.9 Å². The zero-order valence-electron chi connectivity index (χ0n) is 8.36. The Morgan fingerprint density at radius 3 is 2.67 bits per heavy atom. The van der Waals surface area contributed by atoms with Gasteiger partial charge in [0.05, 0.1) is 5.52 Å². The van der Waals surface area contributed by atoms with Crippen LogP contribution in [-0.2, 0) is 0 Å². The molecule has 0 unspecified atom stereocenters. The molecule has 0 amide bonds. The normalized spacial score (nSPS) is 14.2. The van der Waals surface area contributed by atoms with Crippen molar-refractivity contribution >= 4 is 10.9 Å². The third kappa shape index (κ3) is 1.38. The number of rotatable bonds is 0. The molecule has 0 aliphatic carbocycles. The van der Waals surface area contributed by atoms with Crippen LogP contribution in [0.3, 0.4) is 0 Å². The smallest absolute Gasteiger partial charge is 0.163 e. The summed E-state index contributed by atoms with van der Waals surface area (Å²) in [6.07, 6.45) is 1.80. The Kier molecular flexibility index (Phi) is 1.74. The van der Waals surface area contributed by atoms with Gasteiger partial charge in [0.25, 0.3) is 0 Å². The Labute approximate surface area is 86.9 Å². The Morgan fingerprint density at radius 1 is 1.13 bits per heavy atom. The summed E-state index contributed by atoms with van der Waals surface area (Å²) in [4.78, 5) is 8.49. The van der Waals surface area contributed by atoms with Crippen LogP contribution in [0.5, 0.6) is 11.5 Å². The van der Waals surface area contributed by atoms with Gasteiger partial charge in [0.1, 0.15) is 19.0 Å². The molecule has 76 valence electrons. The summed E-state index contributed by atoms with van der Waals surface area (Å²) < 4.78 is 11.0. The van der Waals surface area contributed by atoms with Crippen LogP contribution in [0, 0.1) is 6.92 Å². The SMILES string of the molecule is Cc1ncc2cc3c(cc2n1)OCCO3. The molecular formula is C11H10N2O2. The Bertz CT molecular complexity index is 525. The largest absolute Gasteiger partial charge is 0.486 e. The minimum atomic E-state index is 0.600. The number of benzene rings is 1. The molecule has 0 N–H and O–H groups in total. The maximum Gasteiger partial charge on any atom is 0.163 e. The lowest BCUT2D eigenvalue weighted by Crippen LogP contribution is -2.15. The fraction of sp³-hybridized carbons (Fsp3) is 0.273. The first-order valence-corrected chi connectivity index (χ1v) is 4.86. The van der Waals surface area contributed by atoms with E-state index in [9.17, 15) is 0 Å². The molecular weight excluding hydrogens is 192 g/mol. The van der Waals surface area contributed by atoms with Gasteiger partial charge in [-0.1, -0.05) is 0 Å². The third-order valence-corrected chi connectivity index (χ3v) is 2.36. The number of ether oxygens (including phenoxy) is 2. The van der Waals surface area contributed by atoms with Crippen LogP contribution in [0.15, 0.2) is 18.3 Å².